The predicted octanol–water partition coefficient (Wildman–Crippen LogP) is 15.1. The fourth-order valence-electron chi connectivity index (χ4n) is 8.41. The molecule has 0 aliphatic rings. The van der Waals surface area contributed by atoms with E-state index in [1.165, 1.54) is 75.0 Å². The van der Waals surface area contributed by atoms with E-state index in [1.54, 1.807) is 0 Å². The second-order valence-electron chi connectivity index (χ2n) is 14.1. The lowest BCUT2D eigenvalue weighted by Crippen LogP contribution is -2.10. The van der Waals surface area contributed by atoms with Crippen molar-refractivity contribution in [2.45, 2.75) is 0 Å². The van der Waals surface area contributed by atoms with Crippen molar-refractivity contribution in [1.29, 1.82) is 0 Å². The summed E-state index contributed by atoms with van der Waals surface area (Å²) in [5.41, 5.74) is 11.7. The highest BCUT2D eigenvalue weighted by Gasteiger charge is 2.22. The van der Waals surface area contributed by atoms with Gasteiger partial charge in [0.25, 0.3) is 0 Å². The van der Waals surface area contributed by atoms with Gasteiger partial charge in [0.1, 0.15) is 0 Å². The van der Waals surface area contributed by atoms with Crippen LogP contribution < -0.4 is 4.90 Å². The fraction of sp³-hybridized carbons (Fsp3) is 0. The molecule has 2 nitrogen and oxygen atoms in total. The van der Waals surface area contributed by atoms with E-state index in [4.69, 9.17) is 0 Å². The minimum absolute atomic E-state index is 1.11. The summed E-state index contributed by atoms with van der Waals surface area (Å²) < 4.78 is 5.01. The third-order valence-corrected chi connectivity index (χ3v) is 12.2. The molecule has 0 aliphatic carbocycles. The second-order valence-corrected chi connectivity index (χ2v) is 15.2. The maximum atomic E-state index is 2.47. The predicted molar refractivity (Wildman–Crippen MR) is 237 cm³/mol. The van der Waals surface area contributed by atoms with Gasteiger partial charge in [-0.2, -0.15) is 0 Å². The first-order valence-electron chi connectivity index (χ1n) is 18.8. The van der Waals surface area contributed by atoms with Crippen molar-refractivity contribution in [2.75, 3.05) is 4.90 Å². The molecule has 0 saturated carbocycles. The van der Waals surface area contributed by atoms with Crippen LogP contribution >= 0.6 is 11.3 Å². The average molecular weight is 719 g/mol. The van der Waals surface area contributed by atoms with Crippen molar-refractivity contribution in [3.8, 4) is 27.9 Å². The number of fused-ring (bicyclic) bond motifs is 8. The van der Waals surface area contributed by atoms with Gasteiger partial charge in [-0.25, -0.2) is 0 Å². The van der Waals surface area contributed by atoms with Crippen LogP contribution in [0, 0.1) is 0 Å². The lowest BCUT2D eigenvalue weighted by atomic mass is 9.99. The molecule has 0 N–H and O–H groups in total. The Hall–Kier alpha value is -6.94. The van der Waals surface area contributed by atoms with Crippen molar-refractivity contribution in [2.24, 2.45) is 0 Å². The molecule has 0 spiro atoms. The SMILES string of the molecule is c1ccc(-c2ccc(-c3cccc(N(c4ccc5c6ccccc6n(-c6ccccc6)c5c4)c4cccc5sc6c7ccccc7ccc6c45)c3)cc2)cc1. The zero-order valence-corrected chi connectivity index (χ0v) is 30.7. The van der Waals surface area contributed by atoms with E-state index in [9.17, 15) is 0 Å². The Bertz CT molecular complexity index is 3190. The van der Waals surface area contributed by atoms with Crippen LogP contribution in [-0.4, -0.2) is 4.57 Å². The molecule has 258 valence electrons. The van der Waals surface area contributed by atoms with Gasteiger partial charge >= 0.3 is 0 Å². The Morgan fingerprint density at radius 3 is 1.84 bits per heavy atom. The molecule has 0 aliphatic heterocycles. The third-order valence-electron chi connectivity index (χ3n) is 11.0. The van der Waals surface area contributed by atoms with E-state index in [0.29, 0.717) is 0 Å². The van der Waals surface area contributed by atoms with Gasteiger partial charge in [-0.05, 0) is 87.6 Å². The van der Waals surface area contributed by atoms with Crippen molar-refractivity contribution in [3.63, 3.8) is 0 Å². The van der Waals surface area contributed by atoms with Gasteiger partial charge in [-0.15, -0.1) is 11.3 Å². The molecular weight excluding hydrogens is 685 g/mol. The van der Waals surface area contributed by atoms with Crippen LogP contribution in [0.5, 0.6) is 0 Å². The van der Waals surface area contributed by atoms with Crippen molar-refractivity contribution >= 4 is 81.1 Å². The van der Waals surface area contributed by atoms with Gasteiger partial charge in [-0.1, -0.05) is 152 Å². The Labute approximate surface area is 323 Å². The van der Waals surface area contributed by atoms with E-state index >= 15 is 0 Å². The summed E-state index contributed by atoms with van der Waals surface area (Å²) in [4.78, 5) is 2.47. The zero-order chi connectivity index (χ0) is 36.3. The Morgan fingerprint density at radius 2 is 1.00 bits per heavy atom. The fourth-order valence-corrected chi connectivity index (χ4v) is 9.67. The molecule has 11 aromatic rings. The lowest BCUT2D eigenvalue weighted by molar-refractivity contribution is 1.18. The molecule has 0 unspecified atom stereocenters. The first-order valence-corrected chi connectivity index (χ1v) is 19.6. The monoisotopic (exact) mass is 718 g/mol. The largest absolute Gasteiger partial charge is 0.310 e. The molecule has 2 aromatic heterocycles. The molecule has 0 bridgehead atoms. The summed E-state index contributed by atoms with van der Waals surface area (Å²) in [7, 11) is 0. The number of benzene rings is 9. The van der Waals surface area contributed by atoms with E-state index in [-0.39, 0.29) is 0 Å². The first kappa shape index (κ1) is 31.6. The summed E-state index contributed by atoms with van der Waals surface area (Å²) in [6.45, 7) is 0. The Kier molecular flexibility index (Phi) is 7.39. The van der Waals surface area contributed by atoms with Crippen LogP contribution in [0.3, 0.4) is 0 Å². The topological polar surface area (TPSA) is 8.17 Å². The maximum absolute atomic E-state index is 2.47. The molecule has 0 fully saturated rings. The van der Waals surface area contributed by atoms with Gasteiger partial charge < -0.3 is 9.47 Å². The molecule has 2 heterocycles. The highest BCUT2D eigenvalue weighted by atomic mass is 32.1. The molecule has 9 aromatic carbocycles. The van der Waals surface area contributed by atoms with Crippen molar-refractivity contribution in [3.05, 3.63) is 206 Å². The van der Waals surface area contributed by atoms with Gasteiger partial charge in [0.2, 0.25) is 0 Å². The number of hydrogen-bond acceptors (Lipinski definition) is 2. The number of thiophene rings is 1. The number of nitrogens with zero attached hydrogens (tertiary/aromatic N) is 2. The molecule has 0 saturated heterocycles. The van der Waals surface area contributed by atoms with Gasteiger partial charge in [0.15, 0.2) is 0 Å². The van der Waals surface area contributed by atoms with Crippen LogP contribution in [0.4, 0.5) is 17.1 Å². The Balaban J connectivity index is 1.15. The van der Waals surface area contributed by atoms with E-state index in [0.717, 1.165) is 22.7 Å². The molecule has 0 amide bonds. The first-order chi connectivity index (χ1) is 27.3. The van der Waals surface area contributed by atoms with Crippen LogP contribution in [0.25, 0.3) is 80.7 Å². The number of anilines is 3. The van der Waals surface area contributed by atoms with Gasteiger partial charge in [0, 0.05) is 48.0 Å². The summed E-state index contributed by atoms with van der Waals surface area (Å²) in [6, 6.07) is 75.1. The third kappa shape index (κ3) is 5.24. The highest BCUT2D eigenvalue weighted by molar-refractivity contribution is 7.26. The van der Waals surface area contributed by atoms with Gasteiger partial charge in [-0.3, -0.25) is 0 Å². The number of aromatic nitrogens is 1. The van der Waals surface area contributed by atoms with E-state index in [1.807, 2.05) is 11.3 Å². The molecule has 55 heavy (non-hydrogen) atoms. The Morgan fingerprint density at radius 1 is 0.382 bits per heavy atom. The standard InChI is InChI=1S/C52H34N2S/c1-3-13-35(14-4-1)36-25-27-37(28-26-36)39-16-11-19-41(33-39)53(48-23-12-24-50-51(48)46-31-29-38-15-7-8-20-43(38)52(46)55-50)42-30-32-45-44-21-9-10-22-47(44)54(49(45)34-42)40-17-5-2-6-18-40/h1-34H. The number of rotatable bonds is 6. The van der Waals surface area contributed by atoms with Crippen LogP contribution in [0.15, 0.2) is 206 Å². The van der Waals surface area contributed by atoms with E-state index < -0.39 is 0 Å². The quantitative estimate of drug-likeness (QED) is 0.166. The second kappa shape index (κ2) is 12.9. The summed E-state index contributed by atoms with van der Waals surface area (Å²) in [5, 5.41) is 7.61. The number of hydrogen-bond donors (Lipinski definition) is 0. The molecule has 11 rings (SSSR count). The normalized spacial score (nSPS) is 11.6. The van der Waals surface area contributed by atoms with Gasteiger partial charge in [0.05, 0.1) is 16.7 Å². The zero-order valence-electron chi connectivity index (χ0n) is 29.9. The summed E-state index contributed by atoms with van der Waals surface area (Å²) >= 11 is 1.89. The van der Waals surface area contributed by atoms with Crippen LogP contribution in [-0.2, 0) is 0 Å². The minimum Gasteiger partial charge on any atom is -0.310 e. The van der Waals surface area contributed by atoms with Crippen LogP contribution in [0.1, 0.15) is 0 Å². The maximum Gasteiger partial charge on any atom is 0.0561 e. The summed E-state index contributed by atoms with van der Waals surface area (Å²) in [5.74, 6) is 0. The lowest BCUT2D eigenvalue weighted by Gasteiger charge is -2.27. The van der Waals surface area contributed by atoms with Crippen LogP contribution in [0.2, 0.25) is 0 Å². The summed E-state index contributed by atoms with van der Waals surface area (Å²) in [6.07, 6.45) is 0. The molecule has 0 atom stereocenters. The van der Waals surface area contributed by atoms with Crippen molar-refractivity contribution < 1.29 is 0 Å². The molecular formula is C52H34N2S. The minimum atomic E-state index is 1.11. The smallest absolute Gasteiger partial charge is 0.0561 e. The highest BCUT2D eigenvalue weighted by Crippen LogP contribution is 2.48. The van der Waals surface area contributed by atoms with E-state index in [2.05, 4.69) is 216 Å². The van der Waals surface area contributed by atoms with Crippen molar-refractivity contribution in [1.82, 2.24) is 4.57 Å². The molecule has 0 radical (unpaired) electrons. The average Bonchev–Trinajstić information content (AvgIpc) is 3.81. The number of para-hydroxylation sites is 2. The molecule has 3 heteroatoms.